The van der Waals surface area contributed by atoms with Gasteiger partial charge in [-0.1, -0.05) is 43.0 Å². The highest BCUT2D eigenvalue weighted by atomic mass is 32.2. The van der Waals surface area contributed by atoms with Crippen molar-refractivity contribution in [1.29, 1.82) is 0 Å². The molecule has 31 heavy (non-hydrogen) atoms. The molecule has 1 heterocycles. The van der Waals surface area contributed by atoms with E-state index in [1.54, 1.807) is 30.3 Å². The monoisotopic (exact) mass is 442 g/mol. The van der Waals surface area contributed by atoms with E-state index in [1.807, 2.05) is 30.3 Å². The summed E-state index contributed by atoms with van der Waals surface area (Å²) in [5.74, 6) is 0.296. The fraction of sp³-hybridized carbons (Fsp3) is 0.375. The summed E-state index contributed by atoms with van der Waals surface area (Å²) >= 11 is 0. The highest BCUT2D eigenvalue weighted by Crippen LogP contribution is 2.23. The average Bonchev–Trinajstić information content (AvgIpc) is 2.79. The van der Waals surface area contributed by atoms with Crippen LogP contribution < -0.4 is 10.1 Å². The van der Waals surface area contributed by atoms with Crippen molar-refractivity contribution in [2.24, 2.45) is 5.92 Å². The first-order valence-corrected chi connectivity index (χ1v) is 12.3. The van der Waals surface area contributed by atoms with E-state index in [0.29, 0.717) is 43.9 Å². The van der Waals surface area contributed by atoms with Gasteiger partial charge < -0.3 is 10.1 Å². The summed E-state index contributed by atoms with van der Waals surface area (Å²) in [6.45, 7) is 4.74. The normalized spacial score (nSPS) is 17.1. The molecular formula is C24H30N2O4S. The first-order valence-electron chi connectivity index (χ1n) is 10.6. The van der Waals surface area contributed by atoms with Crippen LogP contribution in [0.25, 0.3) is 0 Å². The Labute approximate surface area is 185 Å². The minimum Gasteiger partial charge on any atom is -0.490 e. The first kappa shape index (κ1) is 23.0. The Morgan fingerprint density at radius 2 is 1.90 bits per heavy atom. The highest BCUT2D eigenvalue weighted by Gasteiger charge is 2.32. The maximum absolute atomic E-state index is 12.8. The van der Waals surface area contributed by atoms with Crippen molar-refractivity contribution in [3.8, 4) is 5.75 Å². The molecule has 166 valence electrons. The number of aryl methyl sites for hydroxylation is 1. The summed E-state index contributed by atoms with van der Waals surface area (Å²) in [6, 6.07) is 17.0. The number of anilines is 1. The zero-order chi connectivity index (χ0) is 22.1. The number of rotatable bonds is 10. The maximum atomic E-state index is 12.8. The molecule has 1 atom stereocenters. The van der Waals surface area contributed by atoms with Gasteiger partial charge in [0.25, 0.3) is 0 Å². The molecule has 1 saturated heterocycles. The van der Waals surface area contributed by atoms with Crippen LogP contribution in [-0.2, 0) is 21.2 Å². The second-order valence-corrected chi connectivity index (χ2v) is 9.80. The molecule has 1 N–H and O–H groups in total. The molecule has 0 radical (unpaired) electrons. The van der Waals surface area contributed by atoms with Crippen LogP contribution in [0.15, 0.2) is 67.3 Å². The molecule has 0 saturated carbocycles. The minimum atomic E-state index is -3.38. The van der Waals surface area contributed by atoms with Crippen molar-refractivity contribution in [2.75, 3.05) is 30.8 Å². The van der Waals surface area contributed by atoms with Gasteiger partial charge >= 0.3 is 0 Å². The number of carbonyl (C=O) groups excluding carboxylic acids is 1. The molecule has 2 aromatic rings. The Bertz CT molecular complexity index is 959. The van der Waals surface area contributed by atoms with Crippen LogP contribution >= 0.6 is 0 Å². The Morgan fingerprint density at radius 3 is 2.61 bits per heavy atom. The molecule has 1 unspecified atom stereocenters. The van der Waals surface area contributed by atoms with Gasteiger partial charge in [0.2, 0.25) is 15.9 Å². The molecule has 0 spiro atoms. The quantitative estimate of drug-likeness (QED) is 0.567. The smallest absolute Gasteiger partial charge is 0.228 e. The number of nitrogens with zero attached hydrogens (tertiary/aromatic N) is 1. The maximum Gasteiger partial charge on any atom is 0.228 e. The lowest BCUT2D eigenvalue weighted by Crippen LogP contribution is -2.44. The zero-order valence-corrected chi connectivity index (χ0v) is 18.5. The molecule has 1 aliphatic heterocycles. The van der Waals surface area contributed by atoms with Crippen LogP contribution in [0, 0.1) is 5.92 Å². The molecule has 7 heteroatoms. The molecule has 3 rings (SSSR count). The molecular weight excluding hydrogens is 412 g/mol. The Kier molecular flexibility index (Phi) is 8.26. The van der Waals surface area contributed by atoms with Crippen molar-refractivity contribution in [2.45, 2.75) is 25.7 Å². The van der Waals surface area contributed by atoms with E-state index in [1.165, 1.54) is 4.31 Å². The highest BCUT2D eigenvalue weighted by molar-refractivity contribution is 7.89. The summed E-state index contributed by atoms with van der Waals surface area (Å²) in [5, 5.41) is 2.90. The van der Waals surface area contributed by atoms with Crippen molar-refractivity contribution in [3.05, 3.63) is 72.8 Å². The first-order chi connectivity index (χ1) is 15.0. The van der Waals surface area contributed by atoms with E-state index in [9.17, 15) is 13.2 Å². The Balaban J connectivity index is 1.51. The molecule has 0 aromatic heterocycles. The summed E-state index contributed by atoms with van der Waals surface area (Å²) in [6.07, 6.45) is 4.33. The number of ether oxygens (including phenoxy) is 1. The van der Waals surface area contributed by atoms with Crippen LogP contribution in [0.3, 0.4) is 0 Å². The second kappa shape index (κ2) is 11.1. The number of nitrogens with one attached hydrogen (secondary N) is 1. The van der Waals surface area contributed by atoms with E-state index < -0.39 is 10.0 Å². The second-order valence-electron chi connectivity index (χ2n) is 7.72. The Hall–Kier alpha value is -2.64. The van der Waals surface area contributed by atoms with E-state index in [0.717, 1.165) is 12.0 Å². The lowest BCUT2D eigenvalue weighted by molar-refractivity contribution is -0.120. The number of carbonyl (C=O) groups is 1. The fourth-order valence-corrected chi connectivity index (χ4v) is 5.26. The van der Waals surface area contributed by atoms with E-state index in [4.69, 9.17) is 4.74 Å². The zero-order valence-electron chi connectivity index (χ0n) is 17.7. The summed E-state index contributed by atoms with van der Waals surface area (Å²) in [5.41, 5.74) is 1.80. The summed E-state index contributed by atoms with van der Waals surface area (Å²) in [4.78, 5) is 12.7. The van der Waals surface area contributed by atoms with Gasteiger partial charge in [-0.15, -0.1) is 0 Å². The van der Waals surface area contributed by atoms with Crippen LogP contribution in [-0.4, -0.2) is 44.1 Å². The molecule has 0 bridgehead atoms. The van der Waals surface area contributed by atoms with E-state index >= 15 is 0 Å². The van der Waals surface area contributed by atoms with Gasteiger partial charge in [0.05, 0.1) is 11.7 Å². The molecule has 2 aromatic carbocycles. The largest absolute Gasteiger partial charge is 0.490 e. The van der Waals surface area contributed by atoms with Gasteiger partial charge in [-0.2, -0.15) is 0 Å². The molecule has 1 fully saturated rings. The average molecular weight is 443 g/mol. The third-order valence-corrected chi connectivity index (χ3v) is 7.27. The number of hydrogen-bond donors (Lipinski definition) is 1. The van der Waals surface area contributed by atoms with Crippen LogP contribution in [0.2, 0.25) is 0 Å². The Morgan fingerprint density at radius 1 is 1.16 bits per heavy atom. The van der Waals surface area contributed by atoms with E-state index in [-0.39, 0.29) is 24.1 Å². The predicted molar refractivity (Wildman–Crippen MR) is 124 cm³/mol. The predicted octanol–water partition coefficient (Wildman–Crippen LogP) is 3.86. The summed E-state index contributed by atoms with van der Waals surface area (Å²) in [7, 11) is -3.38. The molecule has 1 aliphatic rings. The van der Waals surface area contributed by atoms with Crippen molar-refractivity contribution in [3.63, 3.8) is 0 Å². The van der Waals surface area contributed by atoms with Gasteiger partial charge in [-0.25, -0.2) is 12.7 Å². The molecule has 6 nitrogen and oxygen atoms in total. The fourth-order valence-electron chi connectivity index (χ4n) is 3.68. The van der Waals surface area contributed by atoms with Gasteiger partial charge in [0.1, 0.15) is 12.4 Å². The molecule has 1 amide bonds. The standard InChI is InChI=1S/C24H30N2O4S/c1-2-17-30-23-14-12-22(13-15-23)25-24(27)21-11-6-16-26(19-21)31(28,29)18-7-10-20-8-4-3-5-9-20/h2-5,8-9,12-15,21H,1,6-7,10-11,16-19H2,(H,25,27). The van der Waals surface area contributed by atoms with Gasteiger partial charge in [0, 0.05) is 18.8 Å². The number of piperidine rings is 1. The summed E-state index contributed by atoms with van der Waals surface area (Å²) < 4.78 is 32.5. The van der Waals surface area contributed by atoms with Gasteiger partial charge in [-0.05, 0) is 55.5 Å². The lowest BCUT2D eigenvalue weighted by Gasteiger charge is -2.31. The number of sulfonamides is 1. The van der Waals surface area contributed by atoms with E-state index in [2.05, 4.69) is 11.9 Å². The van der Waals surface area contributed by atoms with Crippen LogP contribution in [0.4, 0.5) is 5.69 Å². The topological polar surface area (TPSA) is 75.7 Å². The van der Waals surface area contributed by atoms with Crippen LogP contribution in [0.1, 0.15) is 24.8 Å². The number of benzene rings is 2. The van der Waals surface area contributed by atoms with Crippen LogP contribution in [0.5, 0.6) is 5.75 Å². The third kappa shape index (κ3) is 6.94. The van der Waals surface area contributed by atoms with Crippen molar-refractivity contribution in [1.82, 2.24) is 4.31 Å². The van der Waals surface area contributed by atoms with Gasteiger partial charge in [0.15, 0.2) is 0 Å². The number of amides is 1. The lowest BCUT2D eigenvalue weighted by atomic mass is 9.99. The minimum absolute atomic E-state index is 0.0996. The van der Waals surface area contributed by atoms with Gasteiger partial charge in [-0.3, -0.25) is 4.79 Å². The third-order valence-electron chi connectivity index (χ3n) is 5.35. The molecule has 0 aliphatic carbocycles. The van der Waals surface area contributed by atoms with Crippen molar-refractivity contribution >= 4 is 21.6 Å². The SMILES string of the molecule is C=CCOc1ccc(NC(=O)C2CCCN(S(=O)(=O)CCCc3ccccc3)C2)cc1. The number of hydrogen-bond acceptors (Lipinski definition) is 4. The van der Waals surface area contributed by atoms with Crippen molar-refractivity contribution < 1.29 is 17.9 Å².